The molecule has 0 atom stereocenters. The number of hydrogen-bond acceptors (Lipinski definition) is 3. The molecular formula is C6H4BrF2IN2O2S. The van der Waals surface area contributed by atoms with Gasteiger partial charge in [-0.15, -0.1) is 0 Å². The quantitative estimate of drug-likeness (QED) is 0.596. The highest BCUT2D eigenvalue weighted by Gasteiger charge is 2.25. The van der Waals surface area contributed by atoms with Crippen molar-refractivity contribution in [3.63, 3.8) is 0 Å². The van der Waals surface area contributed by atoms with E-state index < -0.39 is 26.9 Å². The van der Waals surface area contributed by atoms with E-state index in [2.05, 4.69) is 20.9 Å². The Labute approximate surface area is 107 Å². The fourth-order valence-corrected chi connectivity index (χ4v) is 3.32. The Bertz CT molecular complexity index is 494. The van der Waals surface area contributed by atoms with Gasteiger partial charge in [0.25, 0.3) is 6.43 Å². The molecule has 0 unspecified atom stereocenters. The molecule has 0 spiro atoms. The highest BCUT2D eigenvalue weighted by molar-refractivity contribution is 14.1. The Hall–Kier alpha value is 0.130. The van der Waals surface area contributed by atoms with Gasteiger partial charge in [-0.1, -0.05) is 0 Å². The summed E-state index contributed by atoms with van der Waals surface area (Å²) in [5.41, 5.74) is -0.704. The van der Waals surface area contributed by atoms with Crippen LogP contribution in [0.4, 0.5) is 8.78 Å². The van der Waals surface area contributed by atoms with Crippen LogP contribution in [-0.2, 0) is 10.0 Å². The Balaban J connectivity index is 3.65. The van der Waals surface area contributed by atoms with Crippen LogP contribution >= 0.6 is 38.5 Å². The average Bonchev–Trinajstić information content (AvgIpc) is 2.06. The standard InChI is InChI=1S/C6H4BrF2IN2O2S/c7-3-4(15(11,13)14)2(5(8)9)1-12-6(3)10/h1,5H,(H2,11,13,14). The van der Waals surface area contributed by atoms with Crippen molar-refractivity contribution in [2.45, 2.75) is 11.3 Å². The third-order valence-corrected chi connectivity index (χ3v) is 5.08. The van der Waals surface area contributed by atoms with E-state index in [0.717, 1.165) is 6.20 Å². The lowest BCUT2D eigenvalue weighted by Gasteiger charge is -2.09. The number of sulfonamides is 1. The predicted molar refractivity (Wildman–Crippen MR) is 61.0 cm³/mol. The molecule has 15 heavy (non-hydrogen) atoms. The molecule has 1 heterocycles. The molecule has 0 aliphatic carbocycles. The van der Waals surface area contributed by atoms with Crippen molar-refractivity contribution < 1.29 is 17.2 Å². The Morgan fingerprint density at radius 2 is 2.07 bits per heavy atom. The zero-order valence-electron chi connectivity index (χ0n) is 6.92. The molecule has 1 aromatic heterocycles. The van der Waals surface area contributed by atoms with Gasteiger partial charge in [0.15, 0.2) is 0 Å². The van der Waals surface area contributed by atoms with Crippen LogP contribution < -0.4 is 5.14 Å². The van der Waals surface area contributed by atoms with Crippen LogP contribution in [0.5, 0.6) is 0 Å². The summed E-state index contributed by atoms with van der Waals surface area (Å²) in [5, 5.41) is 4.84. The van der Waals surface area contributed by atoms with E-state index in [1.807, 2.05) is 0 Å². The van der Waals surface area contributed by atoms with E-state index >= 15 is 0 Å². The first-order valence-electron chi connectivity index (χ1n) is 3.40. The van der Waals surface area contributed by atoms with Gasteiger partial charge < -0.3 is 0 Å². The maximum atomic E-state index is 12.5. The molecule has 2 N–H and O–H groups in total. The summed E-state index contributed by atoms with van der Waals surface area (Å²) in [7, 11) is -4.20. The molecule has 1 rings (SSSR count). The van der Waals surface area contributed by atoms with Crippen molar-refractivity contribution in [1.29, 1.82) is 0 Å². The largest absolute Gasteiger partial charge is 0.266 e. The van der Waals surface area contributed by atoms with Crippen molar-refractivity contribution >= 4 is 48.5 Å². The van der Waals surface area contributed by atoms with Crippen molar-refractivity contribution in [2.75, 3.05) is 0 Å². The number of aromatic nitrogens is 1. The average molecular weight is 413 g/mol. The van der Waals surface area contributed by atoms with Gasteiger partial charge in [-0.05, 0) is 38.5 Å². The molecule has 0 aliphatic heterocycles. The third kappa shape index (κ3) is 2.82. The molecule has 0 radical (unpaired) electrons. The van der Waals surface area contributed by atoms with Crippen molar-refractivity contribution in [1.82, 2.24) is 4.98 Å². The number of nitrogens with zero attached hydrogens (tertiary/aromatic N) is 1. The molecule has 1 aromatic rings. The van der Waals surface area contributed by atoms with Crippen LogP contribution in [0, 0.1) is 3.70 Å². The maximum absolute atomic E-state index is 12.5. The molecule has 0 saturated carbocycles. The lowest BCUT2D eigenvalue weighted by Crippen LogP contribution is -2.16. The third-order valence-electron chi connectivity index (χ3n) is 1.48. The Morgan fingerprint density at radius 1 is 1.53 bits per heavy atom. The van der Waals surface area contributed by atoms with Gasteiger partial charge in [-0.3, -0.25) is 0 Å². The minimum Gasteiger partial charge on any atom is -0.249 e. The normalized spacial score (nSPS) is 12.1. The summed E-state index contributed by atoms with van der Waals surface area (Å²) in [6.07, 6.45) is -2.14. The number of nitrogens with two attached hydrogens (primary N) is 1. The molecule has 0 amide bonds. The molecule has 4 nitrogen and oxygen atoms in total. The monoisotopic (exact) mass is 412 g/mol. The van der Waals surface area contributed by atoms with E-state index in [4.69, 9.17) is 5.14 Å². The molecule has 0 fully saturated rings. The minimum atomic E-state index is -4.20. The first kappa shape index (κ1) is 13.2. The minimum absolute atomic E-state index is 0.0385. The zero-order chi connectivity index (χ0) is 11.8. The second-order valence-electron chi connectivity index (χ2n) is 2.49. The van der Waals surface area contributed by atoms with Crippen LogP contribution in [0.25, 0.3) is 0 Å². The van der Waals surface area contributed by atoms with Gasteiger partial charge in [-0.25, -0.2) is 27.3 Å². The van der Waals surface area contributed by atoms with Gasteiger partial charge in [0.05, 0.1) is 10.0 Å². The Kier molecular flexibility index (Phi) is 4.01. The number of halogens is 4. The number of rotatable bonds is 2. The fourth-order valence-electron chi connectivity index (χ4n) is 0.907. The highest BCUT2D eigenvalue weighted by Crippen LogP contribution is 2.33. The highest BCUT2D eigenvalue weighted by atomic mass is 127. The maximum Gasteiger partial charge on any atom is 0.266 e. The lowest BCUT2D eigenvalue weighted by molar-refractivity contribution is 0.147. The summed E-state index contributed by atoms with van der Waals surface area (Å²) in [6, 6.07) is 0. The first-order valence-corrected chi connectivity index (χ1v) is 6.81. The number of pyridine rings is 1. The van der Waals surface area contributed by atoms with E-state index in [9.17, 15) is 17.2 Å². The zero-order valence-corrected chi connectivity index (χ0v) is 11.5. The second-order valence-corrected chi connectivity index (χ2v) is 5.81. The van der Waals surface area contributed by atoms with E-state index in [-0.39, 0.29) is 8.17 Å². The van der Waals surface area contributed by atoms with E-state index in [0.29, 0.717) is 0 Å². The van der Waals surface area contributed by atoms with Gasteiger partial charge in [0.1, 0.15) is 8.60 Å². The van der Waals surface area contributed by atoms with Gasteiger partial charge in [0, 0.05) is 6.20 Å². The second kappa shape index (κ2) is 4.55. The van der Waals surface area contributed by atoms with Crippen LogP contribution in [0.3, 0.4) is 0 Å². The summed E-state index contributed by atoms with van der Waals surface area (Å²) < 4.78 is 47.4. The fraction of sp³-hybridized carbons (Fsp3) is 0.167. The molecule has 0 saturated heterocycles. The van der Waals surface area contributed by atoms with Crippen LogP contribution in [0.15, 0.2) is 15.6 Å². The smallest absolute Gasteiger partial charge is 0.249 e. The van der Waals surface area contributed by atoms with Gasteiger partial charge in [-0.2, -0.15) is 0 Å². The van der Waals surface area contributed by atoms with E-state index in [1.54, 1.807) is 22.6 Å². The molecule has 0 aliphatic rings. The lowest BCUT2D eigenvalue weighted by atomic mass is 10.3. The number of alkyl halides is 2. The molecule has 0 aromatic carbocycles. The first-order chi connectivity index (χ1) is 6.75. The van der Waals surface area contributed by atoms with Crippen LogP contribution in [-0.4, -0.2) is 13.4 Å². The van der Waals surface area contributed by atoms with Crippen molar-refractivity contribution in [3.05, 3.63) is 19.9 Å². The summed E-state index contributed by atoms with van der Waals surface area (Å²) in [6.45, 7) is 0. The van der Waals surface area contributed by atoms with E-state index in [1.165, 1.54) is 0 Å². The summed E-state index contributed by atoms with van der Waals surface area (Å²) in [5.74, 6) is 0. The summed E-state index contributed by atoms with van der Waals surface area (Å²) >= 11 is 4.58. The van der Waals surface area contributed by atoms with Crippen molar-refractivity contribution in [3.8, 4) is 0 Å². The topological polar surface area (TPSA) is 73.1 Å². The van der Waals surface area contributed by atoms with Crippen LogP contribution in [0.2, 0.25) is 0 Å². The molecule has 0 bridgehead atoms. The number of hydrogen-bond donors (Lipinski definition) is 1. The molecule has 9 heteroatoms. The van der Waals surface area contributed by atoms with Gasteiger partial charge >= 0.3 is 0 Å². The Morgan fingerprint density at radius 3 is 2.47 bits per heavy atom. The predicted octanol–water partition coefficient (Wildman–Crippen LogP) is 2.03. The molecular weight excluding hydrogens is 409 g/mol. The van der Waals surface area contributed by atoms with Gasteiger partial charge in [0.2, 0.25) is 10.0 Å². The number of primary sulfonamides is 1. The molecule has 84 valence electrons. The summed E-state index contributed by atoms with van der Waals surface area (Å²) in [4.78, 5) is 3.00. The van der Waals surface area contributed by atoms with Crippen LogP contribution in [0.1, 0.15) is 12.0 Å². The van der Waals surface area contributed by atoms with Crippen molar-refractivity contribution in [2.24, 2.45) is 5.14 Å². The SMILES string of the molecule is NS(=O)(=O)c1c(C(F)F)cnc(I)c1Br.